The van der Waals surface area contributed by atoms with E-state index in [1.807, 2.05) is 0 Å². The van der Waals surface area contributed by atoms with Crippen LogP contribution in [0.15, 0.2) is 97.2 Å². The summed E-state index contributed by atoms with van der Waals surface area (Å²) in [5, 5.41) is 72.4. The van der Waals surface area contributed by atoms with Crippen molar-refractivity contribution in [3.63, 3.8) is 0 Å². The van der Waals surface area contributed by atoms with Crippen LogP contribution in [-0.2, 0) is 38.0 Å². The van der Waals surface area contributed by atoms with Crippen molar-refractivity contribution in [3.8, 4) is 0 Å². The smallest absolute Gasteiger partial charge is 0.306 e. The van der Waals surface area contributed by atoms with Gasteiger partial charge in [-0.3, -0.25) is 9.59 Å². The number of aliphatic hydroxyl groups excluding tert-OH is 7. The second-order valence-corrected chi connectivity index (χ2v) is 20.4. The zero-order valence-corrected chi connectivity index (χ0v) is 47.6. The van der Waals surface area contributed by atoms with Gasteiger partial charge in [0.25, 0.3) is 0 Å². The molecule has 0 amide bonds. The summed E-state index contributed by atoms with van der Waals surface area (Å²) >= 11 is 0. The van der Waals surface area contributed by atoms with E-state index >= 15 is 0 Å². The van der Waals surface area contributed by atoms with Gasteiger partial charge in [-0.15, -0.1) is 0 Å². The van der Waals surface area contributed by atoms with E-state index in [1.54, 1.807) is 0 Å². The van der Waals surface area contributed by atoms with Crippen molar-refractivity contribution >= 4 is 11.9 Å². The average molecular weight is 1100 g/mol. The van der Waals surface area contributed by atoms with Crippen molar-refractivity contribution in [1.29, 1.82) is 0 Å². The maximum absolute atomic E-state index is 13.1. The molecule has 0 spiro atoms. The van der Waals surface area contributed by atoms with E-state index in [4.69, 9.17) is 28.4 Å². The van der Waals surface area contributed by atoms with Crippen LogP contribution in [0.4, 0.5) is 0 Å². The minimum Gasteiger partial charge on any atom is -0.462 e. The molecule has 0 radical (unpaired) electrons. The maximum atomic E-state index is 13.1. The number of ether oxygens (including phenoxy) is 6. The maximum Gasteiger partial charge on any atom is 0.306 e. The molecule has 15 heteroatoms. The number of hydrogen-bond donors (Lipinski definition) is 7. The van der Waals surface area contributed by atoms with Crippen LogP contribution in [0.25, 0.3) is 0 Å². The number of rotatable bonds is 46. The van der Waals surface area contributed by atoms with Crippen LogP contribution in [0.3, 0.4) is 0 Å². The molecule has 2 aliphatic rings. The Morgan fingerprint density at radius 3 is 1.21 bits per heavy atom. The second-order valence-electron chi connectivity index (χ2n) is 20.4. The Balaban J connectivity index is 1.75. The second kappa shape index (κ2) is 48.2. The van der Waals surface area contributed by atoms with Crippen LogP contribution in [0.5, 0.6) is 0 Å². The lowest BCUT2D eigenvalue weighted by Crippen LogP contribution is -2.61. The molecule has 0 bridgehead atoms. The van der Waals surface area contributed by atoms with Gasteiger partial charge < -0.3 is 64.2 Å². The van der Waals surface area contributed by atoms with Crippen LogP contribution in [-0.4, -0.2) is 142 Å². The van der Waals surface area contributed by atoms with Gasteiger partial charge in [-0.2, -0.15) is 0 Å². The predicted molar refractivity (Wildman–Crippen MR) is 307 cm³/mol. The molecule has 2 saturated heterocycles. The van der Waals surface area contributed by atoms with Crippen LogP contribution in [0, 0.1) is 0 Å². The van der Waals surface area contributed by atoms with Crippen molar-refractivity contribution in [2.24, 2.45) is 0 Å². The number of esters is 2. The van der Waals surface area contributed by atoms with Crippen molar-refractivity contribution in [2.75, 3.05) is 26.4 Å². The molecule has 78 heavy (non-hydrogen) atoms. The number of carbonyl (C=O) groups excluding carboxylic acids is 2. The zero-order valence-electron chi connectivity index (χ0n) is 47.6. The van der Waals surface area contributed by atoms with E-state index in [-0.39, 0.29) is 19.4 Å². The molecule has 0 aromatic heterocycles. The monoisotopic (exact) mass is 1100 g/mol. The lowest BCUT2D eigenvalue weighted by Gasteiger charge is -2.42. The number of aliphatic hydroxyl groups is 7. The molecular formula is C63H104O15. The first-order chi connectivity index (χ1) is 38.0. The molecule has 7 N–H and O–H groups in total. The van der Waals surface area contributed by atoms with E-state index in [2.05, 4.69) is 111 Å². The molecular weight excluding hydrogens is 997 g/mol. The van der Waals surface area contributed by atoms with Crippen LogP contribution >= 0.6 is 0 Å². The molecule has 2 fully saturated rings. The van der Waals surface area contributed by atoms with Gasteiger partial charge in [0, 0.05) is 12.8 Å². The minimum absolute atomic E-state index is 0.148. The normalized spacial score (nSPS) is 24.7. The van der Waals surface area contributed by atoms with E-state index in [0.29, 0.717) is 12.8 Å². The largest absolute Gasteiger partial charge is 0.462 e. The van der Waals surface area contributed by atoms with Gasteiger partial charge in [0.05, 0.1) is 19.8 Å². The molecule has 11 atom stereocenters. The highest BCUT2D eigenvalue weighted by molar-refractivity contribution is 5.70. The molecule has 0 saturated carbocycles. The van der Waals surface area contributed by atoms with Gasteiger partial charge in [-0.25, -0.2) is 0 Å². The average Bonchev–Trinajstić information content (AvgIpc) is 3.44. The summed E-state index contributed by atoms with van der Waals surface area (Å²) in [6, 6.07) is 0. The molecule has 11 unspecified atom stereocenters. The van der Waals surface area contributed by atoms with Crippen LogP contribution < -0.4 is 0 Å². The Morgan fingerprint density at radius 2 is 0.769 bits per heavy atom. The standard InChI is InChI=1S/C63H104O15/c1-3-5-7-9-11-13-15-17-19-21-23-25-27-29-31-33-35-37-39-41-43-45-54(65)73-48-51(49-74-62-61(72)59(70)57(68)53(78-62)50-75-63-60(71)58(69)56(67)52(47-64)77-63)76-55(66)46-44-42-40-38-36-34-32-30-28-26-24-22-20-18-16-14-12-10-8-6-4-2/h5-8,11-14,17-20,23-26,51-53,56-64,67-72H,3-4,9-10,15-16,21-22,27-50H2,1-2H3/b7-5-,8-6-,13-11-,14-12-,19-17-,20-18-,25-23-,26-24-. The zero-order chi connectivity index (χ0) is 56.7. The van der Waals surface area contributed by atoms with Gasteiger partial charge in [0.15, 0.2) is 18.7 Å². The summed E-state index contributed by atoms with van der Waals surface area (Å²) in [4.78, 5) is 25.9. The number of allylic oxidation sites excluding steroid dienone is 16. The molecule has 2 rings (SSSR count). The first-order valence-electron chi connectivity index (χ1n) is 29.8. The number of carbonyl (C=O) groups is 2. The predicted octanol–water partition coefficient (Wildman–Crippen LogP) is 10.5. The summed E-state index contributed by atoms with van der Waals surface area (Å²) < 4.78 is 33.7. The quantitative estimate of drug-likeness (QED) is 0.0171. The Kier molecular flexibility index (Phi) is 43.5. The third-order valence-corrected chi connectivity index (χ3v) is 13.6. The van der Waals surface area contributed by atoms with Gasteiger partial charge in [-0.05, 0) is 89.9 Å². The highest BCUT2D eigenvalue weighted by atomic mass is 16.7. The van der Waals surface area contributed by atoms with Crippen molar-refractivity contribution in [1.82, 2.24) is 0 Å². The molecule has 2 heterocycles. The van der Waals surface area contributed by atoms with Gasteiger partial charge in [0.2, 0.25) is 0 Å². The number of unbranched alkanes of at least 4 members (excludes halogenated alkanes) is 16. The van der Waals surface area contributed by atoms with Crippen LogP contribution in [0.2, 0.25) is 0 Å². The molecule has 2 aliphatic heterocycles. The lowest BCUT2D eigenvalue weighted by atomic mass is 9.98. The van der Waals surface area contributed by atoms with Crippen molar-refractivity contribution in [2.45, 2.75) is 261 Å². The first-order valence-corrected chi connectivity index (χ1v) is 29.8. The molecule has 15 nitrogen and oxygen atoms in total. The Labute approximate surface area is 468 Å². The van der Waals surface area contributed by atoms with E-state index < -0.39 is 99.3 Å². The van der Waals surface area contributed by atoms with Gasteiger partial charge in [-0.1, -0.05) is 188 Å². The lowest BCUT2D eigenvalue weighted by molar-refractivity contribution is -0.332. The molecule has 0 aromatic carbocycles. The Bertz CT molecular complexity index is 1720. The highest BCUT2D eigenvalue weighted by Crippen LogP contribution is 2.27. The van der Waals surface area contributed by atoms with Gasteiger partial charge in [0.1, 0.15) is 55.4 Å². The fraction of sp³-hybridized carbons (Fsp3) is 0.714. The molecule has 0 aromatic rings. The third-order valence-electron chi connectivity index (χ3n) is 13.6. The molecule has 0 aliphatic carbocycles. The number of hydrogen-bond acceptors (Lipinski definition) is 15. The fourth-order valence-corrected chi connectivity index (χ4v) is 8.79. The van der Waals surface area contributed by atoms with Crippen LogP contribution in [0.1, 0.15) is 194 Å². The Hall–Kier alpha value is -3.58. The summed E-state index contributed by atoms with van der Waals surface area (Å²) in [5.74, 6) is -0.948. The summed E-state index contributed by atoms with van der Waals surface area (Å²) in [6.45, 7) is 2.36. The molecule has 446 valence electrons. The topological polar surface area (TPSA) is 231 Å². The summed E-state index contributed by atoms with van der Waals surface area (Å²) in [6.07, 6.45) is 45.6. The van der Waals surface area contributed by atoms with E-state index in [0.717, 1.165) is 116 Å². The fourth-order valence-electron chi connectivity index (χ4n) is 8.79. The van der Waals surface area contributed by atoms with Gasteiger partial charge >= 0.3 is 11.9 Å². The third kappa shape index (κ3) is 34.5. The van der Waals surface area contributed by atoms with Crippen molar-refractivity contribution < 1.29 is 73.8 Å². The van der Waals surface area contributed by atoms with E-state index in [9.17, 15) is 45.3 Å². The summed E-state index contributed by atoms with van der Waals surface area (Å²) in [7, 11) is 0. The van der Waals surface area contributed by atoms with Crippen molar-refractivity contribution in [3.05, 3.63) is 97.2 Å². The highest BCUT2D eigenvalue weighted by Gasteiger charge is 2.47. The Morgan fingerprint density at radius 1 is 0.410 bits per heavy atom. The SMILES string of the molecule is CC/C=C\C/C=C\C/C=C\C/C=C\CCCCCCCCCCC(=O)OCC(COC1OC(COC2OC(CO)C(O)C(O)C2O)C(O)C(O)C1O)OC(=O)CCCCCCCCCC/C=C\C/C=C\C/C=C\C/C=C\CC. The first kappa shape index (κ1) is 70.5. The summed E-state index contributed by atoms with van der Waals surface area (Å²) in [5.41, 5.74) is 0. The minimum atomic E-state index is -1.77. The van der Waals surface area contributed by atoms with E-state index in [1.165, 1.54) is 38.5 Å².